The summed E-state index contributed by atoms with van der Waals surface area (Å²) in [4.78, 5) is 61.5. The molecule has 17 nitrogen and oxygen atoms in total. The van der Waals surface area contributed by atoms with Gasteiger partial charge in [-0.25, -0.2) is 24.9 Å². The molecule has 0 saturated heterocycles. The molecule has 17 heteroatoms. The number of aromatic amines is 5. The Morgan fingerprint density at radius 1 is 0.594 bits per heavy atom. The molecule has 0 aromatic carbocycles. The zero-order chi connectivity index (χ0) is 22.7. The zero-order valence-electron chi connectivity index (χ0n) is 16.0. The number of H-pyrrole nitrogens is 5. The van der Waals surface area contributed by atoms with E-state index in [0.29, 0.717) is 39.3 Å². The van der Waals surface area contributed by atoms with E-state index < -0.39 is 0 Å². The van der Waals surface area contributed by atoms with E-state index in [1.54, 1.807) is 0 Å². The molecule has 0 unspecified atom stereocenters. The van der Waals surface area contributed by atoms with Crippen LogP contribution in [-0.4, -0.2) is 59.8 Å². The molecule has 0 aliphatic carbocycles. The summed E-state index contributed by atoms with van der Waals surface area (Å²) < 4.78 is 0. The average Bonchev–Trinajstić information content (AvgIpc) is 3.49. The van der Waals surface area contributed by atoms with Crippen LogP contribution in [0.2, 0.25) is 0 Å². The molecule has 0 radical (unpaired) electrons. The highest BCUT2D eigenvalue weighted by Gasteiger charge is 2.03. The topological polar surface area (TPSA) is 281 Å². The van der Waals surface area contributed by atoms with Crippen LogP contribution in [0, 0.1) is 0 Å². The number of hydrogen-bond acceptors (Lipinski definition) is 12. The van der Waals surface area contributed by atoms with E-state index in [0.717, 1.165) is 0 Å². The number of rotatable bonds is 0. The summed E-state index contributed by atoms with van der Waals surface area (Å²) in [5, 5.41) is 0. The van der Waals surface area contributed by atoms with E-state index in [-0.39, 0.29) is 23.0 Å². The highest BCUT2D eigenvalue weighted by atomic mass is 16.1. The number of anilines is 3. The quantitative estimate of drug-likeness (QED) is 0.133. The summed E-state index contributed by atoms with van der Waals surface area (Å²) in [5.41, 5.74) is 18.1. The molecule has 0 spiro atoms. The van der Waals surface area contributed by atoms with Gasteiger partial charge in [0.1, 0.15) is 11.8 Å². The number of nitrogen functional groups attached to an aromatic ring is 3. The van der Waals surface area contributed by atoms with Gasteiger partial charge >= 0.3 is 0 Å². The number of hydrogen-bond donors (Lipinski definition) is 8. The Kier molecular flexibility index (Phi) is 5.10. The molecule has 6 aromatic rings. The number of fused-ring (bicyclic) bond motifs is 3. The van der Waals surface area contributed by atoms with Gasteiger partial charge in [-0.2, -0.15) is 9.97 Å². The SMILES string of the molecule is Nc1nc2nc[nH]c2c(=O)[nH]1.Nc1nc2nc[nH]c2c(=O)[nH]1.Nc1ncnc2nc[nH]c12. The number of aromatic nitrogens is 12. The molecule has 0 saturated carbocycles. The van der Waals surface area contributed by atoms with Crippen LogP contribution in [0.3, 0.4) is 0 Å². The van der Waals surface area contributed by atoms with Gasteiger partial charge in [-0.3, -0.25) is 19.6 Å². The van der Waals surface area contributed by atoms with E-state index in [4.69, 9.17) is 17.2 Å². The smallest absolute Gasteiger partial charge is 0.278 e. The molecule has 0 bridgehead atoms. The first kappa shape index (κ1) is 19.9. The van der Waals surface area contributed by atoms with Crippen LogP contribution in [0.15, 0.2) is 34.9 Å². The van der Waals surface area contributed by atoms with Gasteiger partial charge in [-0.1, -0.05) is 0 Å². The standard InChI is InChI=1S/2C5H5N5O.C5H5N5/c2*6-5-9-3-2(4(11)10-5)7-1-8-3;6-4-3-5(9-1-7-3)10-2-8-4/h2*1H,(H4,6,7,8,9,10,11);1-2H,(H3,6,7,8,9,10). The summed E-state index contributed by atoms with van der Waals surface area (Å²) in [6.07, 6.45) is 5.72. The third kappa shape index (κ3) is 4.01. The van der Waals surface area contributed by atoms with Crippen LogP contribution < -0.4 is 28.3 Å². The second kappa shape index (κ2) is 8.18. The van der Waals surface area contributed by atoms with E-state index in [9.17, 15) is 9.59 Å². The molecule has 0 aliphatic rings. The van der Waals surface area contributed by atoms with Crippen molar-refractivity contribution in [3.8, 4) is 0 Å². The van der Waals surface area contributed by atoms with Crippen molar-refractivity contribution in [2.45, 2.75) is 0 Å². The molecule has 32 heavy (non-hydrogen) atoms. The Hall–Kier alpha value is -5.35. The Morgan fingerprint density at radius 3 is 1.56 bits per heavy atom. The van der Waals surface area contributed by atoms with Crippen LogP contribution in [0.5, 0.6) is 0 Å². The Bertz CT molecular complexity index is 1530. The van der Waals surface area contributed by atoms with E-state index in [2.05, 4.69) is 59.8 Å². The number of nitrogens with zero attached hydrogens (tertiary/aromatic N) is 7. The average molecular weight is 437 g/mol. The number of nitrogens with two attached hydrogens (primary N) is 3. The van der Waals surface area contributed by atoms with Gasteiger partial charge < -0.3 is 32.2 Å². The molecule has 6 heterocycles. The molecular weight excluding hydrogens is 422 g/mol. The summed E-state index contributed by atoms with van der Waals surface area (Å²) >= 11 is 0. The molecular formula is C15H15N15O2. The first-order valence-electron chi connectivity index (χ1n) is 8.69. The molecule has 6 rings (SSSR count). The first-order valence-corrected chi connectivity index (χ1v) is 8.69. The van der Waals surface area contributed by atoms with Crippen molar-refractivity contribution in [2.24, 2.45) is 0 Å². The van der Waals surface area contributed by atoms with Crippen molar-refractivity contribution in [1.29, 1.82) is 0 Å². The molecule has 0 aliphatic heterocycles. The fourth-order valence-corrected chi connectivity index (χ4v) is 2.50. The maximum Gasteiger partial charge on any atom is 0.278 e. The predicted molar refractivity (Wildman–Crippen MR) is 114 cm³/mol. The maximum absolute atomic E-state index is 11.0. The third-order valence-corrected chi connectivity index (χ3v) is 3.88. The Balaban J connectivity index is 0.000000115. The Morgan fingerprint density at radius 2 is 1.06 bits per heavy atom. The van der Waals surface area contributed by atoms with E-state index in [1.807, 2.05) is 0 Å². The van der Waals surface area contributed by atoms with Gasteiger partial charge in [0.2, 0.25) is 11.9 Å². The first-order chi connectivity index (χ1) is 15.4. The maximum atomic E-state index is 11.0. The number of imidazole rings is 3. The lowest BCUT2D eigenvalue weighted by Gasteiger charge is -1.89. The lowest BCUT2D eigenvalue weighted by molar-refractivity contribution is 1.17. The third-order valence-electron chi connectivity index (χ3n) is 3.88. The lowest BCUT2D eigenvalue weighted by atomic mass is 10.5. The highest BCUT2D eigenvalue weighted by Crippen LogP contribution is 2.09. The normalized spacial score (nSPS) is 10.5. The van der Waals surface area contributed by atoms with Crippen LogP contribution >= 0.6 is 0 Å². The van der Waals surface area contributed by atoms with Crippen molar-refractivity contribution < 1.29 is 0 Å². The van der Waals surface area contributed by atoms with Crippen molar-refractivity contribution in [1.82, 2.24) is 59.8 Å². The van der Waals surface area contributed by atoms with Gasteiger partial charge in [0.25, 0.3) is 11.1 Å². The number of nitrogens with one attached hydrogen (secondary N) is 5. The second-order valence-electron chi connectivity index (χ2n) is 5.96. The van der Waals surface area contributed by atoms with E-state index in [1.165, 1.54) is 25.3 Å². The van der Waals surface area contributed by atoms with Crippen molar-refractivity contribution in [3.63, 3.8) is 0 Å². The van der Waals surface area contributed by atoms with Crippen molar-refractivity contribution >= 4 is 51.2 Å². The predicted octanol–water partition coefficient (Wildman–Crippen LogP) is -1.61. The summed E-state index contributed by atoms with van der Waals surface area (Å²) in [6, 6.07) is 0. The Labute approximate surface area is 175 Å². The van der Waals surface area contributed by atoms with Crippen LogP contribution in [0.4, 0.5) is 17.7 Å². The van der Waals surface area contributed by atoms with Gasteiger partial charge in [-0.05, 0) is 0 Å². The minimum atomic E-state index is -0.301. The summed E-state index contributed by atoms with van der Waals surface area (Å²) in [5.74, 6) is 0.590. The monoisotopic (exact) mass is 437 g/mol. The van der Waals surface area contributed by atoms with Gasteiger partial charge in [0.15, 0.2) is 33.8 Å². The van der Waals surface area contributed by atoms with Crippen molar-refractivity contribution in [2.75, 3.05) is 17.2 Å². The highest BCUT2D eigenvalue weighted by molar-refractivity contribution is 5.80. The largest absolute Gasteiger partial charge is 0.382 e. The second-order valence-corrected chi connectivity index (χ2v) is 5.96. The van der Waals surface area contributed by atoms with Gasteiger partial charge in [0, 0.05) is 0 Å². The van der Waals surface area contributed by atoms with Crippen molar-refractivity contribution in [3.05, 3.63) is 46.0 Å². The summed E-state index contributed by atoms with van der Waals surface area (Å²) in [7, 11) is 0. The zero-order valence-corrected chi connectivity index (χ0v) is 16.0. The van der Waals surface area contributed by atoms with Gasteiger partial charge in [0.05, 0.1) is 19.0 Å². The molecule has 6 aromatic heterocycles. The molecule has 0 amide bonds. The summed E-state index contributed by atoms with van der Waals surface area (Å²) in [6.45, 7) is 0. The molecule has 0 atom stereocenters. The molecule has 0 fully saturated rings. The lowest BCUT2D eigenvalue weighted by Crippen LogP contribution is -2.10. The van der Waals surface area contributed by atoms with Gasteiger partial charge in [-0.15, -0.1) is 0 Å². The minimum absolute atomic E-state index is 0.0783. The van der Waals surface area contributed by atoms with E-state index >= 15 is 0 Å². The van der Waals surface area contributed by atoms with Crippen LogP contribution in [-0.2, 0) is 0 Å². The van der Waals surface area contributed by atoms with Crippen LogP contribution in [0.25, 0.3) is 33.5 Å². The fraction of sp³-hybridized carbons (Fsp3) is 0. The fourth-order valence-electron chi connectivity index (χ4n) is 2.50. The molecule has 162 valence electrons. The molecule has 11 N–H and O–H groups in total. The van der Waals surface area contributed by atoms with Crippen LogP contribution in [0.1, 0.15) is 0 Å². The minimum Gasteiger partial charge on any atom is -0.382 e.